The third-order valence-corrected chi connectivity index (χ3v) is 6.28. The van der Waals surface area contributed by atoms with Gasteiger partial charge in [0.05, 0.1) is 6.33 Å². The van der Waals surface area contributed by atoms with Gasteiger partial charge in [-0.25, -0.2) is 9.78 Å². The van der Waals surface area contributed by atoms with Crippen LogP contribution in [-0.2, 0) is 13.6 Å². The Hall–Kier alpha value is -1.89. The molecule has 2 aromatic rings. The molecule has 4 rings (SSSR count). The standard InChI is InChI=1S/C18H27ClN2.C5H6N2O2/c1-2-3-4-9-20-10-16-17-12-21(13-18(16)17)11-14-5-7-15(19)8-6-14;1-7-2-4(5(8)9)6-3-7/h5-8,16-18,20H,2-4,9-13H2,1H3;2-3H,1H3,(H,8,9). The second-order valence-corrected chi connectivity index (χ2v) is 8.89. The van der Waals surface area contributed by atoms with Crippen molar-refractivity contribution >= 4 is 17.6 Å². The van der Waals surface area contributed by atoms with E-state index in [1.807, 2.05) is 12.1 Å². The first-order valence-corrected chi connectivity index (χ1v) is 11.2. The Morgan fingerprint density at radius 3 is 2.47 bits per heavy atom. The molecule has 0 spiro atoms. The molecule has 2 unspecified atom stereocenters. The molecule has 2 heterocycles. The summed E-state index contributed by atoms with van der Waals surface area (Å²) in [6, 6.07) is 8.30. The smallest absolute Gasteiger partial charge is 0.356 e. The molecular formula is C23H33ClN4O2. The van der Waals surface area contributed by atoms with Gasteiger partial charge in [0.2, 0.25) is 0 Å². The number of imidazole rings is 1. The van der Waals surface area contributed by atoms with Gasteiger partial charge in [0.15, 0.2) is 5.69 Å². The number of fused-ring (bicyclic) bond motifs is 1. The highest BCUT2D eigenvalue weighted by Gasteiger charge is 2.54. The van der Waals surface area contributed by atoms with E-state index in [1.165, 1.54) is 63.5 Å². The highest BCUT2D eigenvalue weighted by molar-refractivity contribution is 6.30. The van der Waals surface area contributed by atoms with Crippen molar-refractivity contribution in [3.63, 3.8) is 0 Å². The number of likely N-dealkylation sites (tertiary alicyclic amines) is 1. The highest BCUT2D eigenvalue weighted by atomic mass is 35.5. The number of nitrogens with one attached hydrogen (secondary N) is 1. The van der Waals surface area contributed by atoms with Crippen molar-refractivity contribution in [3.8, 4) is 0 Å². The summed E-state index contributed by atoms with van der Waals surface area (Å²) in [6.07, 6.45) is 6.91. The summed E-state index contributed by atoms with van der Waals surface area (Å²) in [5.74, 6) is 1.87. The minimum Gasteiger partial charge on any atom is -0.476 e. The third kappa shape index (κ3) is 6.56. The Kier molecular flexibility index (Phi) is 8.31. The average molecular weight is 433 g/mol. The Bertz CT molecular complexity index is 796. The van der Waals surface area contributed by atoms with Gasteiger partial charge in [0, 0.05) is 37.9 Å². The van der Waals surface area contributed by atoms with Crippen LogP contribution >= 0.6 is 11.6 Å². The second kappa shape index (κ2) is 10.9. The van der Waals surface area contributed by atoms with Gasteiger partial charge in [-0.1, -0.05) is 43.5 Å². The van der Waals surface area contributed by atoms with Gasteiger partial charge in [-0.2, -0.15) is 0 Å². The number of halogens is 1. The van der Waals surface area contributed by atoms with Crippen LogP contribution in [0.5, 0.6) is 0 Å². The SMILES string of the molecule is CCCCCNCC1C2CN(Cc3ccc(Cl)cc3)CC12.Cn1cnc(C(=O)O)c1. The number of piperidine rings is 1. The average Bonchev–Trinajstić information content (AvgIpc) is 3.06. The van der Waals surface area contributed by atoms with E-state index in [2.05, 4.69) is 34.3 Å². The monoisotopic (exact) mass is 432 g/mol. The predicted molar refractivity (Wildman–Crippen MR) is 120 cm³/mol. The molecule has 1 aromatic carbocycles. The van der Waals surface area contributed by atoms with Gasteiger partial charge in [-0.15, -0.1) is 0 Å². The molecular weight excluding hydrogens is 400 g/mol. The number of hydrogen-bond acceptors (Lipinski definition) is 4. The van der Waals surface area contributed by atoms with Gasteiger partial charge in [-0.3, -0.25) is 4.90 Å². The minimum absolute atomic E-state index is 0.0810. The van der Waals surface area contributed by atoms with Crippen molar-refractivity contribution in [2.24, 2.45) is 24.8 Å². The van der Waals surface area contributed by atoms with Crippen LogP contribution in [0.3, 0.4) is 0 Å². The fourth-order valence-electron chi connectivity index (χ4n) is 4.31. The topological polar surface area (TPSA) is 70.4 Å². The van der Waals surface area contributed by atoms with Crippen LogP contribution in [0.4, 0.5) is 0 Å². The van der Waals surface area contributed by atoms with E-state index in [0.29, 0.717) is 0 Å². The maximum absolute atomic E-state index is 10.1. The van der Waals surface area contributed by atoms with Crippen LogP contribution in [0.15, 0.2) is 36.8 Å². The van der Waals surface area contributed by atoms with E-state index in [-0.39, 0.29) is 5.69 Å². The number of carbonyl (C=O) groups is 1. The van der Waals surface area contributed by atoms with Gasteiger partial charge < -0.3 is 15.0 Å². The molecule has 1 aromatic heterocycles. The first-order chi connectivity index (χ1) is 14.5. The molecule has 1 aliphatic heterocycles. The number of carboxylic acids is 1. The number of aromatic nitrogens is 2. The van der Waals surface area contributed by atoms with Crippen molar-refractivity contribution < 1.29 is 9.90 Å². The summed E-state index contributed by atoms with van der Waals surface area (Å²) < 4.78 is 1.59. The number of benzene rings is 1. The van der Waals surface area contributed by atoms with Crippen LogP contribution in [-0.4, -0.2) is 51.7 Å². The Morgan fingerprint density at radius 1 is 1.23 bits per heavy atom. The van der Waals surface area contributed by atoms with E-state index < -0.39 is 5.97 Å². The predicted octanol–water partition coefficient (Wildman–Crippen LogP) is 3.92. The molecule has 30 heavy (non-hydrogen) atoms. The molecule has 0 radical (unpaired) electrons. The van der Waals surface area contributed by atoms with Gasteiger partial charge >= 0.3 is 5.97 Å². The van der Waals surface area contributed by atoms with E-state index in [1.54, 1.807) is 11.6 Å². The summed E-state index contributed by atoms with van der Waals surface area (Å²) >= 11 is 5.94. The number of unbranched alkanes of at least 4 members (excludes halogenated alkanes) is 2. The molecule has 2 fully saturated rings. The highest BCUT2D eigenvalue weighted by Crippen LogP contribution is 2.51. The fraction of sp³-hybridized carbons (Fsp3) is 0.565. The van der Waals surface area contributed by atoms with Crippen molar-refractivity contribution in [2.75, 3.05) is 26.2 Å². The third-order valence-electron chi connectivity index (χ3n) is 6.03. The Balaban J connectivity index is 0.000000239. The molecule has 1 aliphatic carbocycles. The maximum Gasteiger partial charge on any atom is 0.356 e. The Morgan fingerprint density at radius 2 is 1.93 bits per heavy atom. The van der Waals surface area contributed by atoms with Crippen LogP contribution in [0.1, 0.15) is 42.2 Å². The van der Waals surface area contributed by atoms with E-state index in [0.717, 1.165) is 29.3 Å². The van der Waals surface area contributed by atoms with Crippen LogP contribution in [0, 0.1) is 17.8 Å². The largest absolute Gasteiger partial charge is 0.476 e. The lowest BCUT2D eigenvalue weighted by atomic mass is 10.2. The van der Waals surface area contributed by atoms with Crippen molar-refractivity contribution in [1.29, 1.82) is 0 Å². The first kappa shape index (κ1) is 22.8. The lowest BCUT2D eigenvalue weighted by Gasteiger charge is -2.19. The number of aromatic carboxylic acids is 1. The van der Waals surface area contributed by atoms with E-state index in [4.69, 9.17) is 16.7 Å². The van der Waals surface area contributed by atoms with Crippen molar-refractivity contribution in [2.45, 2.75) is 32.7 Å². The van der Waals surface area contributed by atoms with Gasteiger partial charge in [-0.05, 0) is 55.0 Å². The number of carboxylic acid groups (broad SMARTS) is 1. The van der Waals surface area contributed by atoms with Crippen molar-refractivity contribution in [1.82, 2.24) is 19.8 Å². The molecule has 0 amide bonds. The van der Waals surface area contributed by atoms with Gasteiger partial charge in [0.25, 0.3) is 0 Å². The zero-order valence-corrected chi connectivity index (χ0v) is 18.7. The number of nitrogens with zero attached hydrogens (tertiary/aromatic N) is 3. The zero-order chi connectivity index (χ0) is 21.5. The molecule has 7 heteroatoms. The molecule has 0 bridgehead atoms. The molecule has 2 N–H and O–H groups in total. The van der Waals surface area contributed by atoms with E-state index in [9.17, 15) is 4.79 Å². The second-order valence-electron chi connectivity index (χ2n) is 8.45. The lowest BCUT2D eigenvalue weighted by molar-refractivity contribution is 0.0691. The van der Waals surface area contributed by atoms with Crippen molar-refractivity contribution in [3.05, 3.63) is 53.1 Å². The number of hydrogen-bond donors (Lipinski definition) is 2. The number of rotatable bonds is 9. The molecule has 2 aliphatic rings. The minimum atomic E-state index is -0.990. The molecule has 1 saturated heterocycles. The normalized spacial score (nSPS) is 22.3. The summed E-state index contributed by atoms with van der Waals surface area (Å²) in [5.41, 5.74) is 1.47. The molecule has 6 nitrogen and oxygen atoms in total. The zero-order valence-electron chi connectivity index (χ0n) is 17.9. The van der Waals surface area contributed by atoms with Crippen LogP contribution < -0.4 is 5.32 Å². The van der Waals surface area contributed by atoms with Gasteiger partial charge in [0.1, 0.15) is 0 Å². The molecule has 2 atom stereocenters. The van der Waals surface area contributed by atoms with Crippen LogP contribution in [0.25, 0.3) is 0 Å². The summed E-state index contributed by atoms with van der Waals surface area (Å²) in [6.45, 7) is 8.37. The van der Waals surface area contributed by atoms with Crippen LogP contribution in [0.2, 0.25) is 5.02 Å². The summed E-state index contributed by atoms with van der Waals surface area (Å²) in [7, 11) is 1.72. The lowest BCUT2D eigenvalue weighted by Crippen LogP contribution is -2.27. The molecule has 164 valence electrons. The summed E-state index contributed by atoms with van der Waals surface area (Å²) in [5, 5.41) is 12.8. The quantitative estimate of drug-likeness (QED) is 0.588. The number of aryl methyl sites for hydroxylation is 1. The van der Waals surface area contributed by atoms with E-state index >= 15 is 0 Å². The molecule has 1 saturated carbocycles. The summed E-state index contributed by atoms with van der Waals surface area (Å²) in [4.78, 5) is 16.3. The fourth-order valence-corrected chi connectivity index (χ4v) is 4.43. The maximum atomic E-state index is 10.1. The first-order valence-electron chi connectivity index (χ1n) is 10.9. The Labute approximate surface area is 184 Å².